The second kappa shape index (κ2) is 5.70. The highest BCUT2D eigenvalue weighted by atomic mass is 19.1. The molecule has 0 spiro atoms. The van der Waals surface area contributed by atoms with Gasteiger partial charge in [-0.3, -0.25) is 0 Å². The van der Waals surface area contributed by atoms with Crippen LogP contribution in [0, 0.1) is 5.82 Å². The molecule has 0 radical (unpaired) electrons. The average Bonchev–Trinajstić information content (AvgIpc) is 2.85. The minimum absolute atomic E-state index is 0.0160. The van der Waals surface area contributed by atoms with E-state index in [9.17, 15) is 9.50 Å². The Morgan fingerprint density at radius 3 is 3.00 bits per heavy atom. The van der Waals surface area contributed by atoms with E-state index < -0.39 is 0 Å². The molecule has 2 heterocycles. The van der Waals surface area contributed by atoms with Gasteiger partial charge in [-0.25, -0.2) is 4.39 Å². The minimum atomic E-state index is -0.330. The van der Waals surface area contributed by atoms with Gasteiger partial charge in [0.1, 0.15) is 11.6 Å². The number of benzene rings is 1. The number of phenols is 1. The number of aromatic hydroxyl groups is 1. The van der Waals surface area contributed by atoms with Crippen molar-refractivity contribution in [2.75, 3.05) is 13.1 Å². The summed E-state index contributed by atoms with van der Waals surface area (Å²) in [6.45, 7) is 4.41. The maximum Gasteiger partial charge on any atom is 0.131 e. The molecule has 20 heavy (non-hydrogen) atoms. The van der Waals surface area contributed by atoms with Gasteiger partial charge >= 0.3 is 0 Å². The Bertz CT molecular complexity index is 480. The lowest BCUT2D eigenvalue weighted by atomic mass is 9.96. The quantitative estimate of drug-likeness (QED) is 0.892. The van der Waals surface area contributed by atoms with Crippen molar-refractivity contribution in [2.45, 2.75) is 50.7 Å². The van der Waals surface area contributed by atoms with E-state index in [0.29, 0.717) is 11.6 Å². The minimum Gasteiger partial charge on any atom is -0.508 e. The largest absolute Gasteiger partial charge is 0.508 e. The van der Waals surface area contributed by atoms with Crippen molar-refractivity contribution < 1.29 is 9.50 Å². The standard InChI is InChI=1S/C16H23FN2O/c1-11(15-5-4-14(20)10-16(15)17)18-12-6-8-19-7-2-3-13(19)9-12/h4-5,10-13,18,20H,2-3,6-9H2,1H3. The summed E-state index contributed by atoms with van der Waals surface area (Å²) in [6.07, 6.45) is 4.93. The molecular formula is C16H23FN2O. The molecular weight excluding hydrogens is 255 g/mol. The average molecular weight is 278 g/mol. The Hall–Kier alpha value is -1.13. The molecule has 0 amide bonds. The molecule has 0 aliphatic carbocycles. The Kier molecular flexibility index (Phi) is 3.94. The summed E-state index contributed by atoms with van der Waals surface area (Å²) < 4.78 is 13.9. The first-order valence-electron chi connectivity index (χ1n) is 7.62. The van der Waals surface area contributed by atoms with E-state index in [2.05, 4.69) is 10.2 Å². The van der Waals surface area contributed by atoms with Gasteiger partial charge in [-0.05, 0) is 51.8 Å². The molecule has 3 nitrogen and oxygen atoms in total. The number of halogens is 1. The molecule has 3 unspecified atom stereocenters. The maximum absolute atomic E-state index is 13.9. The van der Waals surface area contributed by atoms with Crippen LogP contribution in [-0.4, -0.2) is 35.2 Å². The molecule has 3 rings (SSSR count). The smallest absolute Gasteiger partial charge is 0.131 e. The number of piperidine rings is 1. The van der Waals surface area contributed by atoms with Crippen molar-refractivity contribution >= 4 is 0 Å². The predicted molar refractivity (Wildman–Crippen MR) is 77.2 cm³/mol. The van der Waals surface area contributed by atoms with Crippen LogP contribution in [0.25, 0.3) is 0 Å². The van der Waals surface area contributed by atoms with Gasteiger partial charge in [0.05, 0.1) is 0 Å². The van der Waals surface area contributed by atoms with E-state index in [-0.39, 0.29) is 17.6 Å². The first-order chi connectivity index (χ1) is 9.63. The van der Waals surface area contributed by atoms with Crippen LogP contribution in [0.15, 0.2) is 18.2 Å². The molecule has 2 saturated heterocycles. The molecule has 0 aromatic heterocycles. The van der Waals surface area contributed by atoms with Gasteiger partial charge in [0, 0.05) is 29.8 Å². The van der Waals surface area contributed by atoms with Gasteiger partial charge in [0.2, 0.25) is 0 Å². The molecule has 2 aliphatic heterocycles. The number of rotatable bonds is 3. The number of nitrogens with one attached hydrogen (secondary N) is 1. The molecule has 2 aliphatic rings. The molecule has 0 saturated carbocycles. The summed E-state index contributed by atoms with van der Waals surface area (Å²) in [5.41, 5.74) is 0.636. The summed E-state index contributed by atoms with van der Waals surface area (Å²) in [5.74, 6) is -0.346. The Morgan fingerprint density at radius 1 is 1.35 bits per heavy atom. The van der Waals surface area contributed by atoms with Crippen LogP contribution in [-0.2, 0) is 0 Å². The zero-order chi connectivity index (χ0) is 14.1. The van der Waals surface area contributed by atoms with Crippen LogP contribution in [0.1, 0.15) is 44.2 Å². The molecule has 2 N–H and O–H groups in total. The molecule has 1 aromatic carbocycles. The molecule has 2 fully saturated rings. The third-order valence-corrected chi connectivity index (χ3v) is 4.76. The molecule has 4 heteroatoms. The summed E-state index contributed by atoms with van der Waals surface area (Å²) in [4.78, 5) is 2.59. The number of fused-ring (bicyclic) bond motifs is 1. The van der Waals surface area contributed by atoms with Crippen molar-refractivity contribution in [1.82, 2.24) is 10.2 Å². The summed E-state index contributed by atoms with van der Waals surface area (Å²) >= 11 is 0. The fourth-order valence-electron chi connectivity index (χ4n) is 3.69. The second-order valence-electron chi connectivity index (χ2n) is 6.15. The van der Waals surface area contributed by atoms with Crippen molar-refractivity contribution in [2.24, 2.45) is 0 Å². The second-order valence-corrected chi connectivity index (χ2v) is 6.15. The highest BCUT2D eigenvalue weighted by Gasteiger charge is 2.32. The number of hydrogen-bond acceptors (Lipinski definition) is 3. The Labute approximate surface area is 119 Å². The van der Waals surface area contributed by atoms with E-state index in [4.69, 9.17) is 0 Å². The van der Waals surface area contributed by atoms with Crippen molar-refractivity contribution in [3.05, 3.63) is 29.6 Å². The summed E-state index contributed by atoms with van der Waals surface area (Å²) in [5, 5.41) is 12.8. The van der Waals surface area contributed by atoms with E-state index >= 15 is 0 Å². The van der Waals surface area contributed by atoms with Crippen LogP contribution < -0.4 is 5.32 Å². The third kappa shape index (κ3) is 2.81. The Balaban J connectivity index is 1.62. The normalized spacial score (nSPS) is 28.3. The van der Waals surface area contributed by atoms with Crippen LogP contribution in [0.4, 0.5) is 4.39 Å². The first-order valence-corrected chi connectivity index (χ1v) is 7.62. The zero-order valence-electron chi connectivity index (χ0n) is 12.0. The molecule has 1 aromatic rings. The number of nitrogens with zero attached hydrogens (tertiary/aromatic N) is 1. The Morgan fingerprint density at radius 2 is 2.20 bits per heavy atom. The lowest BCUT2D eigenvalue weighted by Gasteiger charge is -2.36. The van der Waals surface area contributed by atoms with Gasteiger partial charge < -0.3 is 15.3 Å². The first kappa shape index (κ1) is 13.8. The third-order valence-electron chi connectivity index (χ3n) is 4.76. The monoisotopic (exact) mass is 278 g/mol. The molecule has 0 bridgehead atoms. The molecule has 3 atom stereocenters. The van der Waals surface area contributed by atoms with Gasteiger partial charge in [-0.2, -0.15) is 0 Å². The van der Waals surface area contributed by atoms with Crippen molar-refractivity contribution in [3.63, 3.8) is 0 Å². The van der Waals surface area contributed by atoms with Crippen LogP contribution in [0.3, 0.4) is 0 Å². The molecule has 110 valence electrons. The number of phenolic OH excluding ortho intramolecular Hbond substituents is 1. The lowest BCUT2D eigenvalue weighted by Crippen LogP contribution is -2.46. The number of hydrogen-bond donors (Lipinski definition) is 2. The van der Waals surface area contributed by atoms with E-state index in [1.807, 2.05) is 6.92 Å². The van der Waals surface area contributed by atoms with Gasteiger partial charge in [0.15, 0.2) is 0 Å². The SMILES string of the molecule is CC(NC1CCN2CCCC2C1)c1ccc(O)cc1F. The van der Waals surface area contributed by atoms with Gasteiger partial charge in [0.25, 0.3) is 0 Å². The maximum atomic E-state index is 13.9. The van der Waals surface area contributed by atoms with E-state index in [1.54, 1.807) is 12.1 Å². The van der Waals surface area contributed by atoms with Crippen molar-refractivity contribution in [3.8, 4) is 5.75 Å². The fraction of sp³-hybridized carbons (Fsp3) is 0.625. The summed E-state index contributed by atoms with van der Waals surface area (Å²) in [6, 6.07) is 5.58. The van der Waals surface area contributed by atoms with Gasteiger partial charge in [-0.15, -0.1) is 0 Å². The topological polar surface area (TPSA) is 35.5 Å². The van der Waals surface area contributed by atoms with Crippen LogP contribution in [0.2, 0.25) is 0 Å². The highest BCUT2D eigenvalue weighted by Crippen LogP contribution is 2.29. The highest BCUT2D eigenvalue weighted by molar-refractivity contribution is 5.29. The van der Waals surface area contributed by atoms with Gasteiger partial charge in [-0.1, -0.05) is 6.07 Å². The van der Waals surface area contributed by atoms with E-state index in [0.717, 1.165) is 19.0 Å². The van der Waals surface area contributed by atoms with Crippen LogP contribution in [0.5, 0.6) is 5.75 Å². The van der Waals surface area contributed by atoms with Crippen molar-refractivity contribution in [1.29, 1.82) is 0 Å². The van der Waals surface area contributed by atoms with E-state index in [1.165, 1.54) is 31.9 Å². The zero-order valence-corrected chi connectivity index (χ0v) is 12.0. The predicted octanol–water partition coefficient (Wildman–Crippen LogP) is 2.81. The summed E-state index contributed by atoms with van der Waals surface area (Å²) in [7, 11) is 0. The lowest BCUT2D eigenvalue weighted by molar-refractivity contribution is 0.162. The fourth-order valence-corrected chi connectivity index (χ4v) is 3.69. The van der Waals surface area contributed by atoms with Crippen LogP contribution >= 0.6 is 0 Å².